The van der Waals surface area contributed by atoms with E-state index in [0.717, 1.165) is 75.5 Å². The van der Waals surface area contributed by atoms with Crippen LogP contribution in [0.1, 0.15) is 52.8 Å². The molecule has 0 spiro atoms. The SMILES string of the molecule is N#Cc1ccc(CN2CCCN(CCC(=O)Nc3sc4c(c3C#N)CCCC4)CC2)cc1. The molecule has 1 fully saturated rings. The largest absolute Gasteiger partial charge is 0.317 e. The van der Waals surface area contributed by atoms with Gasteiger partial charge < -0.3 is 10.2 Å². The highest BCUT2D eigenvalue weighted by Gasteiger charge is 2.22. The third-order valence-corrected chi connectivity index (χ3v) is 7.57. The molecule has 0 saturated carbocycles. The molecule has 166 valence electrons. The third kappa shape index (κ3) is 5.55. The molecule has 2 heterocycles. The van der Waals surface area contributed by atoms with E-state index in [9.17, 15) is 10.1 Å². The van der Waals surface area contributed by atoms with Crippen molar-refractivity contribution in [1.29, 1.82) is 10.5 Å². The zero-order valence-electron chi connectivity index (χ0n) is 18.4. The van der Waals surface area contributed by atoms with Crippen molar-refractivity contribution in [3.63, 3.8) is 0 Å². The molecule has 7 heteroatoms. The van der Waals surface area contributed by atoms with Gasteiger partial charge in [-0.2, -0.15) is 10.5 Å². The molecule has 1 aliphatic heterocycles. The van der Waals surface area contributed by atoms with Crippen LogP contribution in [0.2, 0.25) is 0 Å². The van der Waals surface area contributed by atoms with Crippen molar-refractivity contribution in [3.8, 4) is 12.1 Å². The van der Waals surface area contributed by atoms with Crippen molar-refractivity contribution >= 4 is 22.2 Å². The topological polar surface area (TPSA) is 83.2 Å². The van der Waals surface area contributed by atoms with E-state index in [4.69, 9.17) is 5.26 Å². The molecule has 2 aliphatic rings. The Hall–Kier alpha value is -2.71. The van der Waals surface area contributed by atoms with Crippen LogP contribution >= 0.6 is 11.3 Å². The fourth-order valence-corrected chi connectivity index (χ4v) is 5.83. The summed E-state index contributed by atoms with van der Waals surface area (Å²) >= 11 is 1.59. The van der Waals surface area contributed by atoms with E-state index in [-0.39, 0.29) is 5.91 Å². The highest BCUT2D eigenvalue weighted by atomic mass is 32.1. The molecule has 6 nitrogen and oxygen atoms in total. The van der Waals surface area contributed by atoms with Crippen LogP contribution in [0.25, 0.3) is 0 Å². The van der Waals surface area contributed by atoms with Gasteiger partial charge in [0.25, 0.3) is 0 Å². The zero-order chi connectivity index (χ0) is 22.3. The number of carbonyl (C=O) groups excluding carboxylic acids is 1. The molecule has 1 saturated heterocycles. The van der Waals surface area contributed by atoms with Gasteiger partial charge in [0.05, 0.1) is 17.2 Å². The summed E-state index contributed by atoms with van der Waals surface area (Å²) in [7, 11) is 0. The quantitative estimate of drug-likeness (QED) is 0.726. The Morgan fingerprint density at radius 3 is 2.50 bits per heavy atom. The highest BCUT2D eigenvalue weighted by molar-refractivity contribution is 7.16. The fraction of sp³-hybridized carbons (Fsp3) is 0.480. The minimum atomic E-state index is -0.00113. The number of nitrogens with zero attached hydrogens (tertiary/aromatic N) is 4. The van der Waals surface area contributed by atoms with Crippen molar-refractivity contribution < 1.29 is 4.79 Å². The van der Waals surface area contributed by atoms with E-state index in [2.05, 4.69) is 27.3 Å². The second-order valence-corrected chi connectivity index (χ2v) is 9.71. The van der Waals surface area contributed by atoms with Gasteiger partial charge in [-0.25, -0.2) is 0 Å². The van der Waals surface area contributed by atoms with E-state index in [1.807, 2.05) is 24.3 Å². The van der Waals surface area contributed by atoms with E-state index < -0.39 is 0 Å². The fourth-order valence-electron chi connectivity index (χ4n) is 4.57. The van der Waals surface area contributed by atoms with Gasteiger partial charge in [-0.1, -0.05) is 12.1 Å². The van der Waals surface area contributed by atoms with E-state index in [1.54, 1.807) is 11.3 Å². The molecule has 0 atom stereocenters. The minimum absolute atomic E-state index is 0.00113. The van der Waals surface area contributed by atoms with E-state index in [0.29, 0.717) is 17.5 Å². The van der Waals surface area contributed by atoms with Crippen LogP contribution in [-0.4, -0.2) is 48.4 Å². The maximum atomic E-state index is 12.6. The van der Waals surface area contributed by atoms with Gasteiger partial charge in [0.15, 0.2) is 0 Å². The normalized spacial score (nSPS) is 17.1. The summed E-state index contributed by atoms with van der Waals surface area (Å²) in [5.74, 6) is -0.00113. The van der Waals surface area contributed by atoms with Crippen molar-refractivity contribution in [2.45, 2.75) is 45.1 Å². The van der Waals surface area contributed by atoms with Gasteiger partial charge in [-0.05, 0) is 68.5 Å². The standard InChI is InChI=1S/C25H29N5OS/c26-16-19-6-8-20(9-7-19)18-30-12-3-11-29(14-15-30)13-10-24(31)28-25-22(17-27)21-4-1-2-5-23(21)32-25/h6-9H,1-5,10-15,18H2,(H,28,31). The van der Waals surface area contributed by atoms with E-state index >= 15 is 0 Å². The molecule has 0 bridgehead atoms. The van der Waals surface area contributed by atoms with Crippen LogP contribution in [0, 0.1) is 22.7 Å². The number of hydrogen-bond donors (Lipinski definition) is 1. The van der Waals surface area contributed by atoms with Crippen molar-refractivity contribution in [2.75, 3.05) is 38.0 Å². The number of carbonyl (C=O) groups is 1. The average molecular weight is 448 g/mol. The molecule has 0 unspecified atom stereocenters. The number of benzene rings is 1. The maximum Gasteiger partial charge on any atom is 0.226 e. The van der Waals surface area contributed by atoms with Gasteiger partial charge in [0.1, 0.15) is 11.1 Å². The number of rotatable bonds is 6. The number of amides is 1. The summed E-state index contributed by atoms with van der Waals surface area (Å²) in [4.78, 5) is 18.7. The summed E-state index contributed by atoms with van der Waals surface area (Å²) in [6, 6.07) is 12.3. The molecule has 1 N–H and O–H groups in total. The molecule has 32 heavy (non-hydrogen) atoms. The number of thiophene rings is 1. The maximum absolute atomic E-state index is 12.6. The molecule has 1 amide bonds. The summed E-state index contributed by atoms with van der Waals surface area (Å²) in [5.41, 5.74) is 3.77. The van der Waals surface area contributed by atoms with Gasteiger partial charge in [-0.15, -0.1) is 11.3 Å². The Balaban J connectivity index is 1.25. The summed E-state index contributed by atoms with van der Waals surface area (Å²) in [6.45, 7) is 5.57. The van der Waals surface area contributed by atoms with Gasteiger partial charge in [0, 0.05) is 37.5 Å². The molecule has 1 aromatic heterocycles. The number of nitriles is 2. The van der Waals surface area contributed by atoms with Gasteiger partial charge in [-0.3, -0.25) is 9.69 Å². The van der Waals surface area contributed by atoms with Crippen LogP contribution in [0.5, 0.6) is 0 Å². The Morgan fingerprint density at radius 2 is 1.72 bits per heavy atom. The first-order valence-corrected chi connectivity index (χ1v) is 12.3. The lowest BCUT2D eigenvalue weighted by Gasteiger charge is -2.21. The van der Waals surface area contributed by atoms with Crippen molar-refractivity contribution in [3.05, 3.63) is 51.4 Å². The Bertz CT molecular complexity index is 1030. The summed E-state index contributed by atoms with van der Waals surface area (Å²) < 4.78 is 0. The molecule has 1 aromatic carbocycles. The van der Waals surface area contributed by atoms with Gasteiger partial charge >= 0.3 is 0 Å². The molecule has 2 aromatic rings. The first-order valence-electron chi connectivity index (χ1n) is 11.4. The van der Waals surface area contributed by atoms with Gasteiger partial charge in [0.2, 0.25) is 5.91 Å². The minimum Gasteiger partial charge on any atom is -0.317 e. The van der Waals surface area contributed by atoms with Crippen LogP contribution < -0.4 is 5.32 Å². The number of fused-ring (bicyclic) bond motifs is 1. The number of nitrogens with one attached hydrogen (secondary N) is 1. The van der Waals surface area contributed by atoms with Crippen LogP contribution in [-0.2, 0) is 24.2 Å². The third-order valence-electron chi connectivity index (χ3n) is 6.36. The summed E-state index contributed by atoms with van der Waals surface area (Å²) in [5, 5.41) is 22.3. The van der Waals surface area contributed by atoms with Crippen molar-refractivity contribution in [2.24, 2.45) is 0 Å². The lowest BCUT2D eigenvalue weighted by molar-refractivity contribution is -0.116. The smallest absolute Gasteiger partial charge is 0.226 e. The average Bonchev–Trinajstić information content (AvgIpc) is 3.01. The van der Waals surface area contributed by atoms with E-state index in [1.165, 1.54) is 16.9 Å². The second kappa shape index (κ2) is 10.7. The zero-order valence-corrected chi connectivity index (χ0v) is 19.2. The Morgan fingerprint density at radius 1 is 0.969 bits per heavy atom. The number of aryl methyl sites for hydroxylation is 1. The Labute approximate surface area is 194 Å². The lowest BCUT2D eigenvalue weighted by Crippen LogP contribution is -2.32. The molecule has 0 radical (unpaired) electrons. The number of hydrogen-bond acceptors (Lipinski definition) is 6. The van der Waals surface area contributed by atoms with Crippen LogP contribution in [0.15, 0.2) is 24.3 Å². The van der Waals surface area contributed by atoms with Crippen LogP contribution in [0.3, 0.4) is 0 Å². The monoisotopic (exact) mass is 447 g/mol. The number of anilines is 1. The molecule has 1 aliphatic carbocycles. The first kappa shape index (κ1) is 22.5. The highest BCUT2D eigenvalue weighted by Crippen LogP contribution is 2.37. The second-order valence-electron chi connectivity index (χ2n) is 8.61. The van der Waals surface area contributed by atoms with Crippen LogP contribution in [0.4, 0.5) is 5.00 Å². The molecule has 4 rings (SSSR count). The predicted octanol–water partition coefficient (Wildman–Crippen LogP) is 3.91. The lowest BCUT2D eigenvalue weighted by atomic mass is 9.96. The molecular weight excluding hydrogens is 418 g/mol. The van der Waals surface area contributed by atoms with Crippen molar-refractivity contribution in [1.82, 2.24) is 9.80 Å². The predicted molar refractivity (Wildman–Crippen MR) is 126 cm³/mol. The Kier molecular flexibility index (Phi) is 7.55. The summed E-state index contributed by atoms with van der Waals surface area (Å²) in [6.07, 6.45) is 5.80. The first-order chi connectivity index (χ1) is 15.7. The molecular formula is C25H29N5OS.